The Morgan fingerprint density at radius 1 is 0.400 bits per heavy atom. The van der Waals surface area contributed by atoms with Gasteiger partial charge in [-0.15, -0.1) is 0 Å². The van der Waals surface area contributed by atoms with Crippen LogP contribution in [0.2, 0.25) is 0 Å². The molecule has 4 saturated carbocycles. The molecule has 1 spiro atoms. The quantitative estimate of drug-likeness (QED) is 0.149. The van der Waals surface area contributed by atoms with Gasteiger partial charge in [-0.1, -0.05) is 133 Å². The molecule has 0 amide bonds. The van der Waals surface area contributed by atoms with E-state index in [4.69, 9.17) is 0 Å². The highest BCUT2D eigenvalue weighted by atomic mass is 15.1. The summed E-state index contributed by atoms with van der Waals surface area (Å²) in [5, 5.41) is 2.56. The van der Waals surface area contributed by atoms with E-state index in [0.29, 0.717) is 10.8 Å². The predicted octanol–water partition coefficient (Wildman–Crippen LogP) is 15.3. The highest BCUT2D eigenvalue weighted by molar-refractivity contribution is 6.09. The fourth-order valence-electron chi connectivity index (χ4n) is 13.0. The van der Waals surface area contributed by atoms with Crippen LogP contribution in [-0.4, -0.2) is 4.57 Å². The first-order valence-electron chi connectivity index (χ1n) is 22.0. The fourth-order valence-corrected chi connectivity index (χ4v) is 13.0. The van der Waals surface area contributed by atoms with Gasteiger partial charge in [-0.05, 0) is 166 Å². The van der Waals surface area contributed by atoms with Gasteiger partial charge >= 0.3 is 0 Å². The van der Waals surface area contributed by atoms with Crippen LogP contribution in [-0.2, 0) is 5.41 Å². The van der Waals surface area contributed by atoms with Crippen molar-refractivity contribution < 1.29 is 0 Å². The van der Waals surface area contributed by atoms with Gasteiger partial charge in [0.25, 0.3) is 0 Å². The van der Waals surface area contributed by atoms with Crippen LogP contribution in [0.15, 0.2) is 200 Å². The highest BCUT2D eigenvalue weighted by Crippen LogP contribution is 2.84. The van der Waals surface area contributed by atoms with Crippen molar-refractivity contribution in [3.63, 3.8) is 0 Å². The molecule has 1 heterocycles. The monoisotopic (exact) mass is 770 g/mol. The third-order valence-electron chi connectivity index (χ3n) is 15.6. The molecule has 4 unspecified atom stereocenters. The van der Waals surface area contributed by atoms with Crippen molar-refractivity contribution in [2.75, 3.05) is 4.90 Å². The van der Waals surface area contributed by atoms with E-state index in [1.165, 1.54) is 98.7 Å². The Kier molecular flexibility index (Phi) is 7.38. The van der Waals surface area contributed by atoms with Crippen LogP contribution in [0, 0.1) is 23.2 Å². The third kappa shape index (κ3) is 5.00. The van der Waals surface area contributed by atoms with E-state index in [0.717, 1.165) is 29.1 Å². The maximum absolute atomic E-state index is 2.49. The Hall–Kier alpha value is -6.64. The minimum Gasteiger partial charge on any atom is -0.310 e. The van der Waals surface area contributed by atoms with Gasteiger partial charge in [0.05, 0.1) is 11.0 Å². The van der Waals surface area contributed by atoms with Crippen molar-refractivity contribution in [1.82, 2.24) is 4.57 Å². The van der Waals surface area contributed by atoms with Crippen LogP contribution in [0.1, 0.15) is 37.7 Å². The molecule has 2 heteroatoms. The Bertz CT molecular complexity index is 3030. The van der Waals surface area contributed by atoms with Gasteiger partial charge in [0.1, 0.15) is 0 Å². The molecule has 2 bridgehead atoms. The lowest BCUT2D eigenvalue weighted by Gasteiger charge is -2.66. The summed E-state index contributed by atoms with van der Waals surface area (Å²) in [5.41, 5.74) is 17.1. The summed E-state index contributed by atoms with van der Waals surface area (Å²) < 4.78 is 2.40. The molecule has 4 aliphatic carbocycles. The van der Waals surface area contributed by atoms with Crippen molar-refractivity contribution in [3.8, 4) is 39.1 Å². The topological polar surface area (TPSA) is 8.17 Å². The summed E-state index contributed by atoms with van der Waals surface area (Å²) in [6, 6.07) is 74.2. The zero-order chi connectivity index (χ0) is 39.4. The van der Waals surface area contributed by atoms with Crippen LogP contribution < -0.4 is 4.90 Å². The van der Waals surface area contributed by atoms with Gasteiger partial charge in [-0.25, -0.2) is 0 Å². The van der Waals surface area contributed by atoms with Crippen molar-refractivity contribution in [1.29, 1.82) is 0 Å². The largest absolute Gasteiger partial charge is 0.310 e. The van der Waals surface area contributed by atoms with Crippen LogP contribution in [0.5, 0.6) is 0 Å². The number of para-hydroxylation sites is 2. The molecule has 0 saturated heterocycles. The minimum atomic E-state index is 0.392. The van der Waals surface area contributed by atoms with Gasteiger partial charge in [-0.3, -0.25) is 0 Å². The van der Waals surface area contributed by atoms with Gasteiger partial charge in [0.15, 0.2) is 0 Å². The Morgan fingerprint density at radius 2 is 0.917 bits per heavy atom. The molecule has 1 aromatic heterocycles. The molecule has 0 aliphatic heterocycles. The summed E-state index contributed by atoms with van der Waals surface area (Å²) in [6.07, 6.45) is 7.25. The number of benzene rings is 8. The summed E-state index contributed by atoms with van der Waals surface area (Å²) in [5.74, 6) is 3.00. The normalized spacial score (nSPS) is 23.3. The van der Waals surface area contributed by atoms with Crippen molar-refractivity contribution >= 4 is 38.9 Å². The first-order valence-corrected chi connectivity index (χ1v) is 22.0. The van der Waals surface area contributed by atoms with E-state index in [-0.39, 0.29) is 0 Å². The number of hydrogen-bond acceptors (Lipinski definition) is 1. The van der Waals surface area contributed by atoms with E-state index in [9.17, 15) is 0 Å². The lowest BCUT2D eigenvalue weighted by Crippen LogP contribution is -2.59. The number of hydrogen-bond donors (Lipinski definition) is 0. The SMILES string of the molecule is c1ccc(-c2cccc(-c3cccc(N(c4ccc(-c5cccc(-n6c7ccccc7c7ccccc76)c5)cc4)c4ccc(C56CC7CC8C[C@@H](C5)C87C6)cc4)c3)c2)cc1. The number of rotatable bonds is 8. The van der Waals surface area contributed by atoms with E-state index in [1.54, 1.807) is 5.56 Å². The van der Waals surface area contributed by atoms with Gasteiger partial charge in [-0.2, -0.15) is 0 Å². The molecular weight excluding hydrogens is 725 g/mol. The van der Waals surface area contributed by atoms with E-state index in [2.05, 4.69) is 210 Å². The summed E-state index contributed by atoms with van der Waals surface area (Å²) in [6.45, 7) is 0. The molecule has 8 aromatic carbocycles. The molecule has 0 radical (unpaired) electrons. The van der Waals surface area contributed by atoms with Crippen LogP contribution >= 0.6 is 0 Å². The van der Waals surface area contributed by atoms with Crippen LogP contribution in [0.3, 0.4) is 0 Å². The van der Waals surface area contributed by atoms with Crippen molar-refractivity contribution in [2.45, 2.75) is 37.5 Å². The second kappa shape index (κ2) is 12.9. The van der Waals surface area contributed by atoms with Gasteiger partial charge < -0.3 is 9.47 Å². The third-order valence-corrected chi connectivity index (χ3v) is 15.6. The number of aromatic nitrogens is 1. The molecule has 13 rings (SSSR count). The van der Waals surface area contributed by atoms with Crippen molar-refractivity contribution in [3.05, 3.63) is 206 Å². The molecule has 5 atom stereocenters. The van der Waals surface area contributed by atoms with Gasteiger partial charge in [0, 0.05) is 33.5 Å². The average Bonchev–Trinajstić information content (AvgIpc) is 3.93. The van der Waals surface area contributed by atoms with Crippen LogP contribution in [0.25, 0.3) is 60.9 Å². The molecule has 9 aromatic rings. The maximum atomic E-state index is 2.49. The highest BCUT2D eigenvalue weighted by Gasteiger charge is 2.77. The van der Waals surface area contributed by atoms with Gasteiger partial charge in [0.2, 0.25) is 0 Å². The molecule has 288 valence electrons. The van der Waals surface area contributed by atoms with Crippen LogP contribution in [0.4, 0.5) is 17.1 Å². The smallest absolute Gasteiger partial charge is 0.0541 e. The first kappa shape index (κ1) is 34.2. The molecule has 0 N–H and O–H groups in total. The average molecular weight is 771 g/mol. The predicted molar refractivity (Wildman–Crippen MR) is 249 cm³/mol. The lowest BCUT2D eigenvalue weighted by molar-refractivity contribution is -0.175. The molecule has 4 fully saturated rings. The summed E-state index contributed by atoms with van der Waals surface area (Å²) in [7, 11) is 0. The minimum absolute atomic E-state index is 0.392. The second-order valence-corrected chi connectivity index (χ2v) is 18.4. The molecule has 4 aliphatic rings. The van der Waals surface area contributed by atoms with E-state index >= 15 is 0 Å². The zero-order valence-electron chi connectivity index (χ0n) is 33.7. The number of fused-ring (bicyclic) bond motifs is 4. The Balaban J connectivity index is 0.879. The Labute approximate surface area is 352 Å². The fraction of sp³-hybridized carbons (Fsp3) is 0.172. The lowest BCUT2D eigenvalue weighted by atomic mass is 9.38. The van der Waals surface area contributed by atoms with E-state index < -0.39 is 0 Å². The summed E-state index contributed by atoms with van der Waals surface area (Å²) >= 11 is 0. The Morgan fingerprint density at radius 3 is 1.57 bits per heavy atom. The molecular formula is C58H46N2. The molecule has 60 heavy (non-hydrogen) atoms. The molecule has 2 nitrogen and oxygen atoms in total. The maximum Gasteiger partial charge on any atom is 0.0541 e. The summed E-state index contributed by atoms with van der Waals surface area (Å²) in [4.78, 5) is 2.45. The van der Waals surface area contributed by atoms with Crippen molar-refractivity contribution in [2.24, 2.45) is 23.2 Å². The standard InChI is InChI=1S/C58H46N2/c1-2-11-39(12-3-1)41-13-8-14-42(31-41)44-16-10-17-51(33-44)59(50-29-25-45(26-30-50)57-36-47-34-46-35-48(37-57)58(46,47)38-57)49-27-23-40(24-28-49)43-15-9-18-52(32-43)60-55-21-6-4-19-53(55)54-20-5-7-22-56(54)60/h1-33,46-48H,34-38H2/t46?,47-,48?,57?,58?/m0/s1. The van der Waals surface area contributed by atoms with E-state index in [1.807, 2.05) is 0 Å². The number of nitrogens with zero attached hydrogens (tertiary/aromatic N) is 2. The zero-order valence-corrected chi connectivity index (χ0v) is 33.7. The first-order chi connectivity index (χ1) is 29.6. The second-order valence-electron chi connectivity index (χ2n) is 18.4. The number of anilines is 3.